The fraction of sp³-hybridized carbons (Fsp3) is 0.412. The van der Waals surface area contributed by atoms with Crippen molar-refractivity contribution in [2.24, 2.45) is 10.8 Å². The minimum Gasteiger partial charge on any atom is -0.497 e. The molecule has 0 radical (unpaired) electrons. The van der Waals surface area contributed by atoms with Crippen LogP contribution in [0.2, 0.25) is 0 Å². The van der Waals surface area contributed by atoms with Crippen LogP contribution < -0.4 is 4.74 Å². The standard InChI is InChI=1S/C34H37NO6/c1-33(2)15-24-31(26(36)17-33)30(22-11-13-23(40-5)14-12-22)32-25(16-34(3,4)18-27(32)37)35(24)19-29(39)41-20-28(38)21-9-7-6-8-10-21/h6-14,30H,15-20H2,1-5H3. The molecule has 3 aliphatic rings. The topological polar surface area (TPSA) is 90.0 Å². The van der Waals surface area contributed by atoms with E-state index in [-0.39, 0.29) is 41.3 Å². The first-order valence-electron chi connectivity index (χ1n) is 14.1. The molecule has 0 saturated carbocycles. The number of carbonyl (C=O) groups excluding carboxylic acids is 4. The van der Waals surface area contributed by atoms with Crippen LogP contribution >= 0.6 is 0 Å². The van der Waals surface area contributed by atoms with Gasteiger partial charge in [0.25, 0.3) is 0 Å². The summed E-state index contributed by atoms with van der Waals surface area (Å²) in [5.41, 5.74) is 3.36. The maximum atomic E-state index is 13.9. The number of hydrogen-bond acceptors (Lipinski definition) is 7. The van der Waals surface area contributed by atoms with Crippen molar-refractivity contribution in [3.8, 4) is 5.75 Å². The fourth-order valence-corrected chi connectivity index (χ4v) is 6.40. The summed E-state index contributed by atoms with van der Waals surface area (Å²) in [5, 5.41) is 0. The number of ether oxygens (including phenoxy) is 2. The Bertz CT molecular complexity index is 1410. The molecule has 2 aromatic rings. The van der Waals surface area contributed by atoms with Crippen molar-refractivity contribution >= 4 is 23.3 Å². The second kappa shape index (κ2) is 10.8. The minimum atomic E-state index is -0.581. The predicted molar refractivity (Wildman–Crippen MR) is 154 cm³/mol. The van der Waals surface area contributed by atoms with Crippen molar-refractivity contribution in [3.05, 3.63) is 88.3 Å². The Morgan fingerprint density at radius 2 is 1.34 bits per heavy atom. The molecule has 0 spiro atoms. The van der Waals surface area contributed by atoms with Crippen LogP contribution in [0.3, 0.4) is 0 Å². The summed E-state index contributed by atoms with van der Waals surface area (Å²) in [5.74, 6) is -0.722. The zero-order chi connectivity index (χ0) is 29.5. The molecular formula is C34H37NO6. The lowest BCUT2D eigenvalue weighted by Gasteiger charge is -2.48. The lowest BCUT2D eigenvalue weighted by Crippen LogP contribution is -2.46. The monoisotopic (exact) mass is 555 g/mol. The Labute approximate surface area is 241 Å². The molecule has 0 bridgehead atoms. The van der Waals surface area contributed by atoms with Crippen LogP contribution in [0.25, 0.3) is 0 Å². The summed E-state index contributed by atoms with van der Waals surface area (Å²) in [6.07, 6.45) is 1.85. The first-order chi connectivity index (χ1) is 19.4. The highest BCUT2D eigenvalue weighted by molar-refractivity contribution is 6.07. The van der Waals surface area contributed by atoms with E-state index in [1.165, 1.54) is 0 Å². The minimum absolute atomic E-state index is 0.0149. The molecule has 2 aliphatic carbocycles. The Hall–Kier alpha value is -4.00. The van der Waals surface area contributed by atoms with Crippen molar-refractivity contribution in [1.82, 2.24) is 4.90 Å². The van der Waals surface area contributed by atoms with Gasteiger partial charge in [-0.25, -0.2) is 0 Å². The smallest absolute Gasteiger partial charge is 0.326 e. The van der Waals surface area contributed by atoms with E-state index in [0.29, 0.717) is 48.1 Å². The normalized spacial score (nSPS) is 20.0. The van der Waals surface area contributed by atoms with E-state index in [1.807, 2.05) is 62.9 Å². The van der Waals surface area contributed by atoms with Gasteiger partial charge in [-0.15, -0.1) is 0 Å². The lowest BCUT2D eigenvalue weighted by atomic mass is 9.63. The van der Waals surface area contributed by atoms with Crippen LogP contribution in [-0.2, 0) is 19.1 Å². The molecule has 1 aliphatic heterocycles. The van der Waals surface area contributed by atoms with Gasteiger partial charge in [-0.1, -0.05) is 70.2 Å². The SMILES string of the molecule is COc1ccc(C2C3=C(CC(C)(C)CC3=O)N(CC(=O)OCC(=O)c3ccccc3)C3=C2C(=O)CC(C)(C)C3)cc1. The van der Waals surface area contributed by atoms with E-state index in [0.717, 1.165) is 17.0 Å². The average molecular weight is 556 g/mol. The number of methoxy groups -OCH3 is 1. The zero-order valence-electron chi connectivity index (χ0n) is 24.4. The van der Waals surface area contributed by atoms with Gasteiger partial charge in [0.1, 0.15) is 12.3 Å². The fourth-order valence-electron chi connectivity index (χ4n) is 6.40. The Kier molecular flexibility index (Phi) is 7.49. The van der Waals surface area contributed by atoms with Gasteiger partial charge in [-0.05, 0) is 41.4 Å². The van der Waals surface area contributed by atoms with Gasteiger partial charge in [0.2, 0.25) is 0 Å². The summed E-state index contributed by atoms with van der Waals surface area (Å²) >= 11 is 0. The molecule has 2 aromatic carbocycles. The summed E-state index contributed by atoms with van der Waals surface area (Å²) in [6.45, 7) is 7.63. The molecule has 7 heteroatoms. The van der Waals surface area contributed by atoms with Gasteiger partial charge in [0.05, 0.1) is 7.11 Å². The number of ketones is 3. The van der Waals surface area contributed by atoms with Crippen LogP contribution in [0.5, 0.6) is 5.75 Å². The third-order valence-corrected chi connectivity index (χ3v) is 8.22. The van der Waals surface area contributed by atoms with E-state index in [4.69, 9.17) is 9.47 Å². The van der Waals surface area contributed by atoms with Gasteiger partial charge in [-0.3, -0.25) is 19.2 Å². The van der Waals surface area contributed by atoms with Crippen molar-refractivity contribution in [2.75, 3.05) is 20.3 Å². The van der Waals surface area contributed by atoms with Gasteiger partial charge < -0.3 is 14.4 Å². The number of nitrogens with zero attached hydrogens (tertiary/aromatic N) is 1. The van der Waals surface area contributed by atoms with Crippen molar-refractivity contribution in [2.45, 2.75) is 59.3 Å². The number of rotatable bonds is 7. The molecule has 0 atom stereocenters. The van der Waals surface area contributed by atoms with Crippen molar-refractivity contribution < 1.29 is 28.7 Å². The summed E-state index contributed by atoms with van der Waals surface area (Å²) in [7, 11) is 1.60. The average Bonchev–Trinajstić information content (AvgIpc) is 2.91. The number of carbonyl (C=O) groups is 4. The van der Waals surface area contributed by atoms with Crippen molar-refractivity contribution in [3.63, 3.8) is 0 Å². The van der Waals surface area contributed by atoms with Gasteiger partial charge >= 0.3 is 5.97 Å². The quantitative estimate of drug-likeness (QED) is 0.315. The predicted octanol–water partition coefficient (Wildman–Crippen LogP) is 5.81. The first kappa shape index (κ1) is 28.5. The molecule has 41 heavy (non-hydrogen) atoms. The zero-order valence-corrected chi connectivity index (χ0v) is 24.4. The third kappa shape index (κ3) is 5.76. The number of esters is 1. The molecule has 0 N–H and O–H groups in total. The van der Waals surface area contributed by atoms with E-state index < -0.39 is 11.9 Å². The van der Waals surface area contributed by atoms with Crippen molar-refractivity contribution in [1.29, 1.82) is 0 Å². The Morgan fingerprint density at radius 3 is 1.85 bits per heavy atom. The highest BCUT2D eigenvalue weighted by atomic mass is 16.5. The molecule has 214 valence electrons. The largest absolute Gasteiger partial charge is 0.497 e. The van der Waals surface area contributed by atoms with Crippen LogP contribution in [0.15, 0.2) is 77.1 Å². The highest BCUT2D eigenvalue weighted by Gasteiger charge is 2.49. The summed E-state index contributed by atoms with van der Waals surface area (Å²) in [4.78, 5) is 55.4. The Morgan fingerprint density at radius 1 is 0.805 bits per heavy atom. The molecule has 0 fully saturated rings. The Balaban J connectivity index is 1.56. The second-order valence-corrected chi connectivity index (χ2v) is 12.8. The lowest BCUT2D eigenvalue weighted by molar-refractivity contribution is -0.143. The van der Waals surface area contributed by atoms with Gasteiger partial charge in [-0.2, -0.15) is 0 Å². The van der Waals surface area contributed by atoms with Crippen LogP contribution in [0.4, 0.5) is 0 Å². The van der Waals surface area contributed by atoms with Crippen LogP contribution in [-0.4, -0.2) is 48.5 Å². The molecule has 0 aromatic heterocycles. The molecule has 0 saturated heterocycles. The van der Waals surface area contributed by atoms with Gasteiger partial charge in [0.15, 0.2) is 24.0 Å². The summed E-state index contributed by atoms with van der Waals surface area (Å²) in [6, 6.07) is 16.2. The molecule has 1 heterocycles. The summed E-state index contributed by atoms with van der Waals surface area (Å²) < 4.78 is 10.8. The maximum absolute atomic E-state index is 13.9. The maximum Gasteiger partial charge on any atom is 0.326 e. The second-order valence-electron chi connectivity index (χ2n) is 12.8. The van der Waals surface area contributed by atoms with E-state index in [2.05, 4.69) is 0 Å². The molecule has 7 nitrogen and oxygen atoms in total. The number of Topliss-reactive ketones (excluding diaryl/α,β-unsaturated/α-hetero) is 3. The van der Waals surface area contributed by atoms with Gasteiger partial charge in [0, 0.05) is 46.9 Å². The molecular weight excluding hydrogens is 518 g/mol. The molecule has 0 amide bonds. The highest BCUT2D eigenvalue weighted by Crippen LogP contribution is 2.54. The van der Waals surface area contributed by atoms with E-state index in [9.17, 15) is 19.2 Å². The third-order valence-electron chi connectivity index (χ3n) is 8.22. The number of allylic oxidation sites excluding steroid dienone is 4. The van der Waals surface area contributed by atoms with Crippen LogP contribution in [0.1, 0.15) is 75.2 Å². The number of benzene rings is 2. The molecule has 5 rings (SSSR count). The van der Waals surface area contributed by atoms with E-state index >= 15 is 0 Å². The number of hydrogen-bond donors (Lipinski definition) is 0. The molecule has 0 unspecified atom stereocenters. The first-order valence-corrected chi connectivity index (χ1v) is 14.1. The van der Waals surface area contributed by atoms with E-state index in [1.54, 1.807) is 31.4 Å². The van der Waals surface area contributed by atoms with Crippen LogP contribution in [0, 0.1) is 10.8 Å².